The van der Waals surface area contributed by atoms with E-state index in [1.54, 1.807) is 0 Å². The summed E-state index contributed by atoms with van der Waals surface area (Å²) < 4.78 is 38.2. The van der Waals surface area contributed by atoms with Gasteiger partial charge in [0.1, 0.15) is 4.88 Å². The van der Waals surface area contributed by atoms with E-state index in [1.165, 1.54) is 0 Å². The summed E-state index contributed by atoms with van der Waals surface area (Å²) >= 11 is 0.672. The van der Waals surface area contributed by atoms with E-state index in [2.05, 4.69) is 11.9 Å². The summed E-state index contributed by atoms with van der Waals surface area (Å²) in [6.45, 7) is 2.11. The van der Waals surface area contributed by atoms with Gasteiger partial charge >= 0.3 is 12.1 Å². The molecule has 1 aromatic rings. The summed E-state index contributed by atoms with van der Waals surface area (Å²) in [5.74, 6) is -1.01. The van der Waals surface area contributed by atoms with E-state index in [0.29, 0.717) is 22.3 Å². The molecule has 1 N–H and O–H groups in total. The lowest BCUT2D eigenvalue weighted by Crippen LogP contribution is -2.13. The number of halogens is 3. The van der Waals surface area contributed by atoms with Crippen molar-refractivity contribution >= 4 is 17.3 Å². The van der Waals surface area contributed by atoms with Crippen LogP contribution in [0, 0.1) is 5.92 Å². The van der Waals surface area contributed by atoms with Crippen LogP contribution in [-0.4, -0.2) is 16.1 Å². The summed E-state index contributed by atoms with van der Waals surface area (Å²) in [5, 5.41) is 9.17. The Labute approximate surface area is 112 Å². The maximum Gasteiger partial charge on any atom is 0.435 e. The van der Waals surface area contributed by atoms with Crippen molar-refractivity contribution in [2.75, 3.05) is 0 Å². The van der Waals surface area contributed by atoms with Crippen molar-refractivity contribution in [3.8, 4) is 0 Å². The summed E-state index contributed by atoms with van der Waals surface area (Å²) in [6.07, 6.45) is -1.23. The fourth-order valence-corrected chi connectivity index (χ4v) is 3.45. The molecule has 0 aromatic carbocycles. The van der Waals surface area contributed by atoms with Gasteiger partial charge in [-0.3, -0.25) is 0 Å². The first-order chi connectivity index (χ1) is 8.79. The maximum absolute atomic E-state index is 12.7. The molecule has 1 saturated carbocycles. The lowest BCUT2D eigenvalue weighted by Gasteiger charge is -2.24. The first-order valence-electron chi connectivity index (χ1n) is 6.10. The molecular weight excluding hydrogens is 279 g/mol. The van der Waals surface area contributed by atoms with Crippen LogP contribution in [0.1, 0.15) is 58.9 Å². The van der Waals surface area contributed by atoms with Crippen LogP contribution in [0.5, 0.6) is 0 Å². The molecule has 1 aromatic heterocycles. The van der Waals surface area contributed by atoms with E-state index in [0.717, 1.165) is 25.7 Å². The van der Waals surface area contributed by atoms with E-state index < -0.39 is 22.7 Å². The first-order valence-corrected chi connectivity index (χ1v) is 6.92. The molecule has 0 amide bonds. The van der Waals surface area contributed by atoms with Crippen molar-refractivity contribution in [1.29, 1.82) is 0 Å². The van der Waals surface area contributed by atoms with Crippen LogP contribution in [-0.2, 0) is 6.18 Å². The third-order valence-corrected chi connectivity index (χ3v) is 4.68. The lowest BCUT2D eigenvalue weighted by atomic mass is 9.83. The molecule has 2 rings (SSSR count). The van der Waals surface area contributed by atoms with Crippen LogP contribution < -0.4 is 0 Å². The molecule has 3 nitrogen and oxygen atoms in total. The summed E-state index contributed by atoms with van der Waals surface area (Å²) in [6, 6.07) is 0. The average molecular weight is 293 g/mol. The molecule has 7 heteroatoms. The minimum atomic E-state index is -4.70. The molecule has 0 radical (unpaired) electrons. The van der Waals surface area contributed by atoms with E-state index in [4.69, 9.17) is 5.11 Å². The van der Waals surface area contributed by atoms with Gasteiger partial charge in [-0.2, -0.15) is 13.2 Å². The largest absolute Gasteiger partial charge is 0.477 e. The number of carbonyl (C=O) groups is 1. The Kier molecular flexibility index (Phi) is 3.85. The standard InChI is InChI=1S/C12H14F3NO2S/c1-6-2-4-7(5-3-6)10-16-9(12(13,14)15)8(19-10)11(17)18/h6-7H,2-5H2,1H3,(H,17,18). The molecule has 1 aliphatic carbocycles. The van der Waals surface area contributed by atoms with Crippen LogP contribution in [0.4, 0.5) is 13.2 Å². The van der Waals surface area contributed by atoms with Crippen molar-refractivity contribution < 1.29 is 23.1 Å². The smallest absolute Gasteiger partial charge is 0.435 e. The lowest BCUT2D eigenvalue weighted by molar-refractivity contribution is -0.141. The van der Waals surface area contributed by atoms with E-state index in [1.807, 2.05) is 0 Å². The van der Waals surface area contributed by atoms with Crippen molar-refractivity contribution in [1.82, 2.24) is 4.98 Å². The molecular formula is C12H14F3NO2S. The molecule has 1 heterocycles. The highest BCUT2D eigenvalue weighted by Gasteiger charge is 2.40. The van der Waals surface area contributed by atoms with Gasteiger partial charge in [0.15, 0.2) is 5.69 Å². The zero-order valence-corrected chi connectivity index (χ0v) is 11.1. The summed E-state index contributed by atoms with van der Waals surface area (Å²) in [4.78, 5) is 13.8. The maximum atomic E-state index is 12.7. The predicted octanol–water partition coefficient (Wildman–Crippen LogP) is 4.15. The third kappa shape index (κ3) is 3.08. The molecule has 0 aliphatic heterocycles. The number of aromatic nitrogens is 1. The molecule has 0 atom stereocenters. The number of hydrogen-bond acceptors (Lipinski definition) is 3. The molecule has 1 fully saturated rings. The van der Waals surface area contributed by atoms with Gasteiger partial charge in [0, 0.05) is 5.92 Å². The Morgan fingerprint density at radius 1 is 1.32 bits per heavy atom. The zero-order chi connectivity index (χ0) is 14.2. The van der Waals surface area contributed by atoms with Crippen molar-refractivity contribution in [3.63, 3.8) is 0 Å². The van der Waals surface area contributed by atoms with E-state index in [-0.39, 0.29) is 5.92 Å². The molecule has 0 unspecified atom stereocenters. The second-order valence-corrected chi connectivity index (χ2v) is 6.02. The van der Waals surface area contributed by atoms with Gasteiger partial charge in [-0.15, -0.1) is 11.3 Å². The molecule has 19 heavy (non-hydrogen) atoms. The second kappa shape index (κ2) is 5.11. The number of rotatable bonds is 2. The number of carboxylic acid groups (broad SMARTS) is 1. The second-order valence-electron chi connectivity index (χ2n) is 4.99. The fourth-order valence-electron chi connectivity index (χ4n) is 2.36. The molecule has 106 valence electrons. The number of thiazole rings is 1. The Morgan fingerprint density at radius 2 is 1.89 bits per heavy atom. The Bertz CT molecular complexity index is 476. The van der Waals surface area contributed by atoms with E-state index >= 15 is 0 Å². The quantitative estimate of drug-likeness (QED) is 0.891. The average Bonchev–Trinajstić information content (AvgIpc) is 2.74. The van der Waals surface area contributed by atoms with Gasteiger partial charge in [-0.05, 0) is 18.8 Å². The highest BCUT2D eigenvalue weighted by molar-refractivity contribution is 7.13. The number of alkyl halides is 3. The van der Waals surface area contributed by atoms with Crippen LogP contribution in [0.2, 0.25) is 0 Å². The first kappa shape index (κ1) is 14.3. The Morgan fingerprint density at radius 3 is 2.32 bits per heavy atom. The normalized spacial score (nSPS) is 24.4. The van der Waals surface area contributed by atoms with Crippen LogP contribution in [0.25, 0.3) is 0 Å². The Hall–Kier alpha value is -1.11. The Balaban J connectivity index is 2.30. The highest BCUT2D eigenvalue weighted by Crippen LogP contribution is 2.41. The van der Waals surface area contributed by atoms with Crippen LogP contribution in [0.3, 0.4) is 0 Å². The number of aromatic carboxylic acids is 1. The fraction of sp³-hybridized carbons (Fsp3) is 0.667. The van der Waals surface area contributed by atoms with Crippen LogP contribution in [0.15, 0.2) is 0 Å². The molecule has 0 bridgehead atoms. The van der Waals surface area contributed by atoms with Crippen molar-refractivity contribution in [2.24, 2.45) is 5.92 Å². The third-order valence-electron chi connectivity index (χ3n) is 3.47. The number of carboxylic acids is 1. The van der Waals surface area contributed by atoms with Gasteiger partial charge in [-0.25, -0.2) is 9.78 Å². The van der Waals surface area contributed by atoms with Gasteiger partial charge in [0.05, 0.1) is 5.01 Å². The van der Waals surface area contributed by atoms with Crippen molar-refractivity contribution in [2.45, 2.75) is 44.7 Å². The predicted molar refractivity (Wildman–Crippen MR) is 64.4 cm³/mol. The minimum Gasteiger partial charge on any atom is -0.477 e. The van der Waals surface area contributed by atoms with Gasteiger partial charge < -0.3 is 5.11 Å². The zero-order valence-electron chi connectivity index (χ0n) is 10.3. The SMILES string of the molecule is CC1CCC(c2nc(C(F)(F)F)c(C(=O)O)s2)CC1. The molecule has 0 saturated heterocycles. The monoisotopic (exact) mass is 293 g/mol. The molecule has 0 spiro atoms. The summed E-state index contributed by atoms with van der Waals surface area (Å²) in [7, 11) is 0. The van der Waals surface area contributed by atoms with Crippen molar-refractivity contribution in [3.05, 3.63) is 15.6 Å². The van der Waals surface area contributed by atoms with E-state index in [9.17, 15) is 18.0 Å². The number of nitrogens with zero attached hydrogens (tertiary/aromatic N) is 1. The van der Waals surface area contributed by atoms with Gasteiger partial charge in [0.2, 0.25) is 0 Å². The van der Waals surface area contributed by atoms with Gasteiger partial charge in [0.25, 0.3) is 0 Å². The highest BCUT2D eigenvalue weighted by atomic mass is 32.1. The number of hydrogen-bond donors (Lipinski definition) is 1. The molecule has 1 aliphatic rings. The topological polar surface area (TPSA) is 50.2 Å². The minimum absolute atomic E-state index is 0.0320. The summed E-state index contributed by atoms with van der Waals surface area (Å²) in [5.41, 5.74) is -1.25. The van der Waals surface area contributed by atoms with Crippen LogP contribution >= 0.6 is 11.3 Å². The van der Waals surface area contributed by atoms with Gasteiger partial charge in [-0.1, -0.05) is 19.8 Å².